The monoisotopic (exact) mass is 624 g/mol. The van der Waals surface area contributed by atoms with Gasteiger partial charge in [0, 0.05) is 53.9 Å². The molecule has 2 aliphatic rings. The summed E-state index contributed by atoms with van der Waals surface area (Å²) in [6.45, 7) is 0.977. The Labute approximate surface area is 250 Å². The second kappa shape index (κ2) is 11.1. The molecule has 0 bridgehead atoms. The van der Waals surface area contributed by atoms with E-state index >= 15 is 0 Å². The molecular formula is C29H27ClFN6O5P. The maximum Gasteiger partial charge on any atom is 0.339 e. The summed E-state index contributed by atoms with van der Waals surface area (Å²) in [4.78, 5) is 52.0. The van der Waals surface area contributed by atoms with Gasteiger partial charge in [0.2, 0.25) is 5.91 Å². The highest BCUT2D eigenvalue weighted by atomic mass is 35.5. The number of rotatable bonds is 6. The number of fused-ring (bicyclic) bond motifs is 2. The third-order valence-corrected chi connectivity index (χ3v) is 10.1. The first-order chi connectivity index (χ1) is 20.6. The van der Waals surface area contributed by atoms with Gasteiger partial charge in [0.15, 0.2) is 0 Å². The molecule has 0 spiro atoms. The van der Waals surface area contributed by atoms with Crippen LogP contribution in [0.25, 0.3) is 10.9 Å². The number of carbonyl (C=O) groups excluding carboxylic acids is 3. The lowest BCUT2D eigenvalue weighted by Crippen LogP contribution is -2.61. The van der Waals surface area contributed by atoms with Gasteiger partial charge in [-0.05, 0) is 42.8 Å². The Morgan fingerprint density at radius 3 is 2.56 bits per heavy atom. The molecule has 14 heteroatoms. The van der Waals surface area contributed by atoms with Crippen molar-refractivity contribution in [3.05, 3.63) is 89.3 Å². The summed E-state index contributed by atoms with van der Waals surface area (Å²) in [6, 6.07) is 15.0. The fourth-order valence-electron chi connectivity index (χ4n) is 5.62. The van der Waals surface area contributed by atoms with E-state index in [0.717, 1.165) is 0 Å². The van der Waals surface area contributed by atoms with Crippen LogP contribution in [0.3, 0.4) is 0 Å². The lowest BCUT2D eigenvalue weighted by molar-refractivity contribution is -0.127. The van der Waals surface area contributed by atoms with E-state index in [1.54, 1.807) is 41.4 Å². The molecule has 4 N–H and O–H groups in total. The topological polar surface area (TPSA) is 141 Å². The molecule has 0 radical (unpaired) electrons. The number of nitrogens with two attached hydrogens (primary N) is 1. The molecule has 222 valence electrons. The van der Waals surface area contributed by atoms with Crippen LogP contribution in [0.4, 0.5) is 19.7 Å². The minimum Gasteiger partial charge on any atom is -0.351 e. The van der Waals surface area contributed by atoms with E-state index in [4.69, 9.17) is 17.3 Å². The number of amides is 4. The lowest BCUT2D eigenvalue weighted by Gasteiger charge is -2.41. The molecule has 11 nitrogen and oxygen atoms in total. The van der Waals surface area contributed by atoms with E-state index in [1.165, 1.54) is 51.0 Å². The van der Waals surface area contributed by atoms with Crippen molar-refractivity contribution in [2.45, 2.75) is 19.0 Å². The average Bonchev–Trinajstić information content (AvgIpc) is 3.61. The fourth-order valence-corrected chi connectivity index (χ4v) is 7.27. The standard InChI is InChI=1S/C29H27ClFN6O5P/c30-22-8-4-5-18(26(22)31)16-33-27(38)24-11-12-34-13-14-35(29(40)37(24)34)25-17-36(28(32)39)23-10-9-20(15-21(23)25)43(41,42)19-6-2-1-3-7-19/h1-10,15,17,24H,11-14,16H2,(H2,32,39)(H,33,38)(H,41,42). The summed E-state index contributed by atoms with van der Waals surface area (Å²) in [5.74, 6) is -1.08. The number of nitrogens with zero attached hydrogens (tertiary/aromatic N) is 4. The lowest BCUT2D eigenvalue weighted by atomic mass is 10.1. The normalized spacial score (nSPS) is 18.5. The van der Waals surface area contributed by atoms with E-state index in [-0.39, 0.29) is 34.3 Å². The number of halogens is 2. The van der Waals surface area contributed by atoms with Crippen LogP contribution in [0.2, 0.25) is 5.02 Å². The predicted octanol–water partition coefficient (Wildman–Crippen LogP) is 3.13. The number of benzene rings is 3. The number of nitrogens with one attached hydrogen (secondary N) is 1. The highest BCUT2D eigenvalue weighted by Crippen LogP contribution is 2.41. The molecule has 4 aromatic rings. The van der Waals surface area contributed by atoms with E-state index in [0.29, 0.717) is 36.1 Å². The number of hydrogen-bond acceptors (Lipinski definition) is 5. The van der Waals surface area contributed by atoms with Crippen molar-refractivity contribution in [3.8, 4) is 0 Å². The Kier molecular flexibility index (Phi) is 7.47. The summed E-state index contributed by atoms with van der Waals surface area (Å²) in [5.41, 5.74) is 6.51. The fraction of sp³-hybridized carbons (Fsp3) is 0.207. The van der Waals surface area contributed by atoms with Crippen LogP contribution >= 0.6 is 19.0 Å². The zero-order valence-electron chi connectivity index (χ0n) is 22.7. The number of primary amides is 1. The van der Waals surface area contributed by atoms with Gasteiger partial charge in [-0.1, -0.05) is 41.9 Å². The molecule has 2 saturated heterocycles. The molecule has 0 saturated carbocycles. The third-order valence-electron chi connectivity index (χ3n) is 7.81. The second-order valence-corrected chi connectivity index (χ2v) is 12.9. The smallest absolute Gasteiger partial charge is 0.339 e. The zero-order chi connectivity index (χ0) is 30.5. The predicted molar refractivity (Wildman–Crippen MR) is 160 cm³/mol. The molecule has 1 aromatic heterocycles. The molecule has 3 heterocycles. The van der Waals surface area contributed by atoms with Crippen LogP contribution in [0.15, 0.2) is 72.9 Å². The van der Waals surface area contributed by atoms with Gasteiger partial charge in [0.25, 0.3) is 7.37 Å². The summed E-state index contributed by atoms with van der Waals surface area (Å²) in [5, 5.41) is 6.52. The van der Waals surface area contributed by atoms with Gasteiger partial charge in [0.05, 0.1) is 16.2 Å². The van der Waals surface area contributed by atoms with Crippen LogP contribution in [0.1, 0.15) is 12.0 Å². The van der Waals surface area contributed by atoms with Crippen molar-refractivity contribution < 1.29 is 28.2 Å². The molecule has 2 aliphatic heterocycles. The molecule has 4 amide bonds. The maximum absolute atomic E-state index is 14.4. The van der Waals surface area contributed by atoms with Crippen molar-refractivity contribution in [1.29, 1.82) is 0 Å². The largest absolute Gasteiger partial charge is 0.351 e. The van der Waals surface area contributed by atoms with Crippen LogP contribution in [0.5, 0.6) is 0 Å². The van der Waals surface area contributed by atoms with Gasteiger partial charge in [-0.3, -0.25) is 18.8 Å². The Morgan fingerprint density at radius 1 is 1.05 bits per heavy atom. The summed E-state index contributed by atoms with van der Waals surface area (Å²) in [7, 11) is -4.01. The summed E-state index contributed by atoms with van der Waals surface area (Å²) >= 11 is 5.86. The minimum absolute atomic E-state index is 0.0553. The van der Waals surface area contributed by atoms with E-state index in [2.05, 4.69) is 5.32 Å². The van der Waals surface area contributed by atoms with Gasteiger partial charge in [0.1, 0.15) is 11.9 Å². The number of hydrogen-bond donors (Lipinski definition) is 3. The molecule has 6 rings (SSSR count). The first-order valence-electron chi connectivity index (χ1n) is 13.5. The zero-order valence-corrected chi connectivity index (χ0v) is 24.3. The number of aromatic nitrogens is 1. The van der Waals surface area contributed by atoms with E-state index in [9.17, 15) is 28.2 Å². The van der Waals surface area contributed by atoms with Gasteiger partial charge >= 0.3 is 12.1 Å². The molecular weight excluding hydrogens is 598 g/mol. The Morgan fingerprint density at radius 2 is 1.81 bits per heavy atom. The van der Waals surface area contributed by atoms with Crippen molar-refractivity contribution in [2.75, 3.05) is 24.5 Å². The van der Waals surface area contributed by atoms with Crippen molar-refractivity contribution in [1.82, 2.24) is 19.9 Å². The van der Waals surface area contributed by atoms with Gasteiger partial charge in [-0.25, -0.2) is 24.0 Å². The highest BCUT2D eigenvalue weighted by molar-refractivity contribution is 7.73. The first kappa shape index (κ1) is 28.9. The van der Waals surface area contributed by atoms with E-state index in [1.807, 2.05) is 0 Å². The number of hydrazine groups is 1. The Bertz CT molecular complexity index is 1820. The number of urea groups is 1. The van der Waals surface area contributed by atoms with Crippen LogP contribution in [-0.4, -0.2) is 63.1 Å². The average molecular weight is 625 g/mol. The molecule has 2 atom stereocenters. The SMILES string of the molecule is NC(=O)n1cc(N2CCN3CCC(C(=O)NCc4cccc(Cl)c4F)N3C2=O)c2cc(P(=O)(O)c3ccccc3)ccc21. The molecule has 2 fully saturated rings. The van der Waals surface area contributed by atoms with Crippen LogP contribution in [0, 0.1) is 5.82 Å². The second-order valence-electron chi connectivity index (χ2n) is 10.3. The van der Waals surface area contributed by atoms with Crippen molar-refractivity contribution in [2.24, 2.45) is 5.73 Å². The molecule has 3 aromatic carbocycles. The summed E-state index contributed by atoms with van der Waals surface area (Å²) < 4.78 is 29.0. The highest BCUT2D eigenvalue weighted by Gasteiger charge is 2.45. The summed E-state index contributed by atoms with van der Waals surface area (Å²) in [6.07, 6.45) is 1.78. The van der Waals surface area contributed by atoms with E-state index < -0.39 is 37.2 Å². The molecule has 2 unspecified atom stereocenters. The number of carbonyl (C=O) groups is 3. The Balaban J connectivity index is 1.32. The molecule has 0 aliphatic carbocycles. The third kappa shape index (κ3) is 5.06. The maximum atomic E-state index is 14.4. The first-order valence-corrected chi connectivity index (χ1v) is 15.5. The quantitative estimate of drug-likeness (QED) is 0.282. The van der Waals surface area contributed by atoms with Gasteiger partial charge < -0.3 is 15.9 Å². The number of anilines is 1. The van der Waals surface area contributed by atoms with Gasteiger partial charge in [-0.2, -0.15) is 0 Å². The molecule has 43 heavy (non-hydrogen) atoms. The van der Waals surface area contributed by atoms with Crippen molar-refractivity contribution >= 4 is 64.1 Å². The van der Waals surface area contributed by atoms with Crippen LogP contribution < -0.4 is 26.6 Å². The van der Waals surface area contributed by atoms with Gasteiger partial charge in [-0.15, -0.1) is 0 Å². The van der Waals surface area contributed by atoms with Crippen molar-refractivity contribution in [3.63, 3.8) is 0 Å². The minimum atomic E-state index is -4.01. The van der Waals surface area contributed by atoms with Crippen LogP contribution in [-0.2, 0) is 15.9 Å². The Hall–Kier alpha value is -4.22.